The number of carbonyl (C=O) groups excluding carboxylic acids is 2. The maximum Gasteiger partial charge on any atom is 0.437 e. The van der Waals surface area contributed by atoms with Gasteiger partial charge in [0, 0.05) is 5.69 Å². The molecule has 0 atom stereocenters. The molecule has 2 aromatic heterocycles. The van der Waals surface area contributed by atoms with Crippen LogP contribution in [0.2, 0.25) is 0 Å². The van der Waals surface area contributed by atoms with Crippen LogP contribution in [0.15, 0.2) is 44.2 Å². The standard InChI is InChI=1S/C19H20N4O5/c1-11-7-12(2)17(13(3)8-11)21-15(24)9-20-16(25)10-23-19(26)28-18(22-23)14-5-4-6-27-14/h4-8H,9-10H2,1-3H3,(H,20,25)(H,21,24). The number of benzene rings is 1. The molecule has 146 valence electrons. The third kappa shape index (κ3) is 4.37. The van der Waals surface area contributed by atoms with Crippen LogP contribution in [0.4, 0.5) is 5.69 Å². The van der Waals surface area contributed by atoms with Gasteiger partial charge in [-0.1, -0.05) is 17.7 Å². The molecular formula is C19H20N4O5. The number of rotatable bonds is 6. The van der Waals surface area contributed by atoms with E-state index in [-0.39, 0.29) is 30.6 Å². The van der Waals surface area contributed by atoms with Crippen molar-refractivity contribution in [2.75, 3.05) is 11.9 Å². The van der Waals surface area contributed by atoms with Crippen molar-refractivity contribution >= 4 is 17.5 Å². The molecule has 0 aliphatic carbocycles. The molecule has 9 nitrogen and oxygen atoms in total. The normalized spacial score (nSPS) is 10.7. The van der Waals surface area contributed by atoms with E-state index in [0.29, 0.717) is 0 Å². The van der Waals surface area contributed by atoms with Crippen molar-refractivity contribution in [3.05, 3.63) is 57.8 Å². The number of furan rings is 1. The Hall–Kier alpha value is -3.62. The van der Waals surface area contributed by atoms with Gasteiger partial charge in [-0.2, -0.15) is 4.68 Å². The molecule has 0 saturated heterocycles. The van der Waals surface area contributed by atoms with E-state index >= 15 is 0 Å². The molecule has 0 spiro atoms. The highest BCUT2D eigenvalue weighted by molar-refractivity contribution is 5.95. The van der Waals surface area contributed by atoms with E-state index in [9.17, 15) is 14.4 Å². The number of carbonyl (C=O) groups is 2. The van der Waals surface area contributed by atoms with Crippen molar-refractivity contribution in [3.8, 4) is 11.7 Å². The summed E-state index contributed by atoms with van der Waals surface area (Å²) in [5.74, 6) is -1.46. The average Bonchev–Trinajstić information content (AvgIpc) is 3.27. The van der Waals surface area contributed by atoms with Crippen molar-refractivity contribution in [1.82, 2.24) is 15.1 Å². The van der Waals surface area contributed by atoms with Crippen LogP contribution in [0.5, 0.6) is 0 Å². The van der Waals surface area contributed by atoms with E-state index in [4.69, 9.17) is 8.83 Å². The van der Waals surface area contributed by atoms with Crippen LogP contribution in [0.1, 0.15) is 16.7 Å². The molecule has 0 bridgehead atoms. The number of aromatic nitrogens is 2. The topological polar surface area (TPSA) is 119 Å². The Morgan fingerprint density at radius 2 is 1.86 bits per heavy atom. The largest absolute Gasteiger partial charge is 0.459 e. The molecule has 3 rings (SSSR count). The summed E-state index contributed by atoms with van der Waals surface area (Å²) in [5, 5.41) is 9.15. The molecule has 9 heteroatoms. The lowest BCUT2D eigenvalue weighted by Crippen LogP contribution is -2.36. The zero-order valence-electron chi connectivity index (χ0n) is 15.7. The Morgan fingerprint density at radius 3 is 2.50 bits per heavy atom. The maximum atomic E-state index is 12.1. The molecule has 2 amide bonds. The predicted octanol–water partition coefficient (Wildman–Crippen LogP) is 1.78. The highest BCUT2D eigenvalue weighted by Gasteiger charge is 2.15. The Bertz CT molecular complexity index is 1040. The van der Waals surface area contributed by atoms with Crippen molar-refractivity contribution in [2.45, 2.75) is 27.3 Å². The number of nitrogens with zero attached hydrogens (tertiary/aromatic N) is 2. The minimum Gasteiger partial charge on any atom is -0.459 e. The summed E-state index contributed by atoms with van der Waals surface area (Å²) in [6.07, 6.45) is 1.41. The average molecular weight is 384 g/mol. The first-order valence-electron chi connectivity index (χ1n) is 8.59. The van der Waals surface area contributed by atoms with Crippen LogP contribution < -0.4 is 16.4 Å². The highest BCUT2D eigenvalue weighted by atomic mass is 16.4. The van der Waals surface area contributed by atoms with Gasteiger partial charge in [-0.3, -0.25) is 9.59 Å². The van der Waals surface area contributed by atoms with Crippen LogP contribution in [-0.2, 0) is 16.1 Å². The van der Waals surface area contributed by atoms with Gasteiger partial charge in [0.2, 0.25) is 11.8 Å². The van der Waals surface area contributed by atoms with E-state index in [1.165, 1.54) is 6.26 Å². The number of hydrogen-bond acceptors (Lipinski definition) is 6. The van der Waals surface area contributed by atoms with Crippen molar-refractivity contribution in [1.29, 1.82) is 0 Å². The quantitative estimate of drug-likeness (QED) is 0.668. The molecular weight excluding hydrogens is 364 g/mol. The molecule has 0 radical (unpaired) electrons. The molecule has 2 heterocycles. The fourth-order valence-corrected chi connectivity index (χ4v) is 2.84. The summed E-state index contributed by atoms with van der Waals surface area (Å²) in [6, 6.07) is 7.13. The van der Waals surface area contributed by atoms with Gasteiger partial charge in [0.15, 0.2) is 5.76 Å². The summed E-state index contributed by atoms with van der Waals surface area (Å²) < 4.78 is 10.9. The maximum absolute atomic E-state index is 12.1. The van der Waals surface area contributed by atoms with E-state index in [1.54, 1.807) is 12.1 Å². The minimum absolute atomic E-state index is 0.0223. The Balaban J connectivity index is 1.56. The van der Waals surface area contributed by atoms with E-state index in [2.05, 4.69) is 15.7 Å². The van der Waals surface area contributed by atoms with Gasteiger partial charge in [0.1, 0.15) is 6.54 Å². The van der Waals surface area contributed by atoms with E-state index in [0.717, 1.165) is 27.1 Å². The smallest absolute Gasteiger partial charge is 0.437 e. The lowest BCUT2D eigenvalue weighted by Gasteiger charge is -2.13. The fourth-order valence-electron chi connectivity index (χ4n) is 2.84. The Morgan fingerprint density at radius 1 is 1.14 bits per heavy atom. The van der Waals surface area contributed by atoms with Gasteiger partial charge in [0.25, 0.3) is 5.89 Å². The van der Waals surface area contributed by atoms with Crippen molar-refractivity contribution in [3.63, 3.8) is 0 Å². The minimum atomic E-state index is -0.795. The number of aryl methyl sites for hydroxylation is 3. The SMILES string of the molecule is Cc1cc(C)c(NC(=O)CNC(=O)Cn2nc(-c3ccco3)oc2=O)c(C)c1. The molecule has 3 aromatic rings. The van der Waals surface area contributed by atoms with Crippen LogP contribution in [0.3, 0.4) is 0 Å². The second-order valence-electron chi connectivity index (χ2n) is 6.41. The molecule has 1 aromatic carbocycles. The summed E-state index contributed by atoms with van der Waals surface area (Å²) >= 11 is 0. The molecule has 28 heavy (non-hydrogen) atoms. The lowest BCUT2D eigenvalue weighted by atomic mass is 10.1. The highest BCUT2D eigenvalue weighted by Crippen LogP contribution is 2.21. The summed E-state index contributed by atoms with van der Waals surface area (Å²) in [5.41, 5.74) is 3.71. The first-order valence-corrected chi connectivity index (χ1v) is 8.59. The molecule has 0 aliphatic heterocycles. The van der Waals surface area contributed by atoms with Crippen LogP contribution in [-0.4, -0.2) is 28.1 Å². The first kappa shape index (κ1) is 19.2. The van der Waals surface area contributed by atoms with Gasteiger partial charge in [-0.25, -0.2) is 4.79 Å². The number of amides is 2. The number of nitrogens with one attached hydrogen (secondary N) is 2. The van der Waals surface area contributed by atoms with Crippen molar-refractivity contribution in [2.24, 2.45) is 0 Å². The van der Waals surface area contributed by atoms with Gasteiger partial charge >= 0.3 is 5.76 Å². The summed E-state index contributed by atoms with van der Waals surface area (Å²) in [4.78, 5) is 36.0. The molecule has 0 unspecified atom stereocenters. The zero-order valence-corrected chi connectivity index (χ0v) is 15.7. The Labute approximate surface area is 160 Å². The third-order valence-electron chi connectivity index (χ3n) is 4.02. The first-order chi connectivity index (χ1) is 13.3. The number of hydrogen-bond donors (Lipinski definition) is 2. The third-order valence-corrected chi connectivity index (χ3v) is 4.02. The Kier molecular flexibility index (Phi) is 5.44. The number of anilines is 1. The molecule has 0 aliphatic rings. The summed E-state index contributed by atoms with van der Waals surface area (Å²) in [6.45, 7) is 5.18. The monoisotopic (exact) mass is 384 g/mol. The zero-order chi connectivity index (χ0) is 20.3. The van der Waals surface area contributed by atoms with Crippen molar-refractivity contribution < 1.29 is 18.4 Å². The van der Waals surface area contributed by atoms with Crippen LogP contribution in [0.25, 0.3) is 11.7 Å². The van der Waals surface area contributed by atoms with Gasteiger partial charge in [-0.05, 0) is 44.0 Å². The second-order valence-corrected chi connectivity index (χ2v) is 6.41. The van der Waals surface area contributed by atoms with Crippen LogP contribution in [0, 0.1) is 20.8 Å². The predicted molar refractivity (Wildman–Crippen MR) is 101 cm³/mol. The van der Waals surface area contributed by atoms with E-state index < -0.39 is 11.7 Å². The lowest BCUT2D eigenvalue weighted by molar-refractivity contribution is -0.124. The second kappa shape index (κ2) is 7.95. The van der Waals surface area contributed by atoms with Crippen LogP contribution >= 0.6 is 0 Å². The summed E-state index contributed by atoms with van der Waals surface area (Å²) in [7, 11) is 0. The van der Waals surface area contributed by atoms with E-state index in [1.807, 2.05) is 32.9 Å². The molecule has 2 N–H and O–H groups in total. The fraction of sp³-hybridized carbons (Fsp3) is 0.263. The molecule has 0 saturated carbocycles. The van der Waals surface area contributed by atoms with Gasteiger partial charge in [-0.15, -0.1) is 5.10 Å². The van der Waals surface area contributed by atoms with Gasteiger partial charge in [0.05, 0.1) is 12.8 Å². The van der Waals surface area contributed by atoms with Gasteiger partial charge < -0.3 is 19.5 Å². The molecule has 0 fully saturated rings.